The van der Waals surface area contributed by atoms with Gasteiger partial charge in [0, 0.05) is 11.5 Å². The molecule has 0 rings (SSSR count). The summed E-state index contributed by atoms with van der Waals surface area (Å²) in [7, 11) is -3.18. The van der Waals surface area contributed by atoms with E-state index in [9.17, 15) is 4.79 Å². The second-order valence-electron chi connectivity index (χ2n) is 7.07. The van der Waals surface area contributed by atoms with Gasteiger partial charge in [-0.3, -0.25) is 0 Å². The topological polar surface area (TPSA) is 26.3 Å². The number of carbonyl (C=O) groups is 1. The van der Waals surface area contributed by atoms with Crippen LogP contribution in [0.5, 0.6) is 0 Å². The molecule has 0 aliphatic carbocycles. The van der Waals surface area contributed by atoms with Crippen LogP contribution in [-0.2, 0) is 9.53 Å². The third-order valence-electron chi connectivity index (χ3n) is 2.55. The van der Waals surface area contributed by atoms with Crippen LogP contribution >= 0.6 is 0 Å². The molecule has 0 bridgehead atoms. The molecule has 0 atom stereocenters. The van der Waals surface area contributed by atoms with Crippen LogP contribution in [0.2, 0.25) is 39.3 Å². The van der Waals surface area contributed by atoms with Crippen LogP contribution in [0.15, 0.2) is 23.4 Å². The number of hydrogen-bond acceptors (Lipinski definition) is 2. The molecule has 0 aromatic rings. The summed E-state index contributed by atoms with van der Waals surface area (Å²) in [5, 5.41) is 1.02. The lowest BCUT2D eigenvalue weighted by molar-refractivity contribution is -0.136. The Morgan fingerprint density at radius 2 is 1.68 bits per heavy atom. The molecule has 0 amide bonds. The van der Waals surface area contributed by atoms with E-state index >= 15 is 0 Å². The van der Waals surface area contributed by atoms with Gasteiger partial charge in [-0.2, -0.15) is 0 Å². The van der Waals surface area contributed by atoms with Crippen molar-refractivity contribution in [2.75, 3.05) is 6.61 Å². The Morgan fingerprint density at radius 3 is 2.09 bits per heavy atom. The Kier molecular flexibility index (Phi) is 8.23. The van der Waals surface area contributed by atoms with Crippen molar-refractivity contribution in [3.63, 3.8) is 0 Å². The van der Waals surface area contributed by atoms with E-state index < -0.39 is 22.1 Å². The summed E-state index contributed by atoms with van der Waals surface area (Å²) < 4.78 is 4.89. The largest absolute Gasteiger partial charge is 0.456 e. The molecular formula is C18H28O2Si2. The van der Waals surface area contributed by atoms with Gasteiger partial charge in [-0.15, -0.1) is 12.1 Å². The smallest absolute Gasteiger partial charge is 0.384 e. The molecular weight excluding hydrogens is 304 g/mol. The van der Waals surface area contributed by atoms with Gasteiger partial charge in [0.1, 0.15) is 8.07 Å². The predicted molar refractivity (Wildman–Crippen MR) is 101 cm³/mol. The molecule has 2 nitrogen and oxygen atoms in total. The first-order valence-corrected chi connectivity index (χ1v) is 14.6. The van der Waals surface area contributed by atoms with Gasteiger partial charge in [-0.25, -0.2) is 4.79 Å². The standard InChI is InChI=1S/C18H28O2Si2/c1-9-11-16(14-15-21(3,4)5)17(22(6,7)8)12-13-18(19)20-10-2/h9H,1,10-11H2,2-8H3. The summed E-state index contributed by atoms with van der Waals surface area (Å²) in [6.45, 7) is 19.2. The van der Waals surface area contributed by atoms with E-state index in [0.717, 1.165) is 10.8 Å². The Morgan fingerprint density at radius 1 is 1.09 bits per heavy atom. The molecule has 0 aliphatic rings. The molecule has 22 heavy (non-hydrogen) atoms. The van der Waals surface area contributed by atoms with Gasteiger partial charge in [-0.05, 0) is 18.5 Å². The Hall–Kier alpha value is -1.50. The first-order chi connectivity index (χ1) is 10.0. The molecule has 0 saturated heterocycles. The average Bonchev–Trinajstić information content (AvgIpc) is 2.33. The van der Waals surface area contributed by atoms with Crippen molar-refractivity contribution in [1.82, 2.24) is 0 Å². The van der Waals surface area contributed by atoms with Gasteiger partial charge in [-0.1, -0.05) is 57.2 Å². The van der Waals surface area contributed by atoms with Gasteiger partial charge in [0.15, 0.2) is 0 Å². The van der Waals surface area contributed by atoms with Gasteiger partial charge in [0.2, 0.25) is 0 Å². The average molecular weight is 333 g/mol. The van der Waals surface area contributed by atoms with Crippen LogP contribution in [-0.4, -0.2) is 28.7 Å². The molecule has 0 radical (unpaired) electrons. The number of carbonyl (C=O) groups excluding carboxylic acids is 1. The monoisotopic (exact) mass is 332 g/mol. The zero-order valence-corrected chi connectivity index (χ0v) is 17.0. The number of ether oxygens (including phenoxy) is 1. The molecule has 0 spiro atoms. The Balaban J connectivity index is 5.98. The second kappa shape index (κ2) is 8.83. The van der Waals surface area contributed by atoms with Crippen LogP contribution in [0.25, 0.3) is 0 Å². The highest BCUT2D eigenvalue weighted by atomic mass is 28.3. The number of esters is 1. The normalized spacial score (nSPS) is 12.1. The number of allylic oxidation sites excluding steroid dienone is 3. The van der Waals surface area contributed by atoms with E-state index in [-0.39, 0.29) is 0 Å². The van der Waals surface area contributed by atoms with E-state index in [1.807, 2.05) is 6.08 Å². The lowest BCUT2D eigenvalue weighted by atomic mass is 10.2. The van der Waals surface area contributed by atoms with Crippen molar-refractivity contribution < 1.29 is 9.53 Å². The van der Waals surface area contributed by atoms with E-state index in [0.29, 0.717) is 13.0 Å². The summed E-state index contributed by atoms with van der Waals surface area (Å²) >= 11 is 0. The molecule has 0 aromatic heterocycles. The maximum atomic E-state index is 11.5. The molecule has 0 unspecified atom stereocenters. The van der Waals surface area contributed by atoms with Crippen LogP contribution in [0.3, 0.4) is 0 Å². The summed E-state index contributed by atoms with van der Waals surface area (Å²) in [5.74, 6) is 8.49. The molecule has 0 aromatic carbocycles. The summed E-state index contributed by atoms with van der Waals surface area (Å²) in [6.07, 6.45) is 2.54. The number of hydrogen-bond donors (Lipinski definition) is 0. The first-order valence-electron chi connectivity index (χ1n) is 7.57. The van der Waals surface area contributed by atoms with Crippen LogP contribution in [0.4, 0.5) is 0 Å². The molecule has 0 heterocycles. The van der Waals surface area contributed by atoms with Crippen molar-refractivity contribution in [2.45, 2.75) is 52.6 Å². The van der Waals surface area contributed by atoms with Gasteiger partial charge < -0.3 is 4.74 Å². The molecule has 0 aliphatic heterocycles. The fourth-order valence-corrected chi connectivity index (χ4v) is 3.65. The predicted octanol–water partition coefficient (Wildman–Crippen LogP) is 4.18. The molecule has 0 saturated carbocycles. The van der Waals surface area contributed by atoms with E-state index in [4.69, 9.17) is 4.74 Å². The number of rotatable bonds is 4. The lowest BCUT2D eigenvalue weighted by Crippen LogP contribution is -2.25. The van der Waals surface area contributed by atoms with Crippen molar-refractivity contribution >= 4 is 22.1 Å². The fraction of sp³-hybridized carbons (Fsp3) is 0.500. The Bertz CT molecular complexity index is 565. The second-order valence-corrected chi connectivity index (χ2v) is 16.8. The Labute approximate surface area is 138 Å². The van der Waals surface area contributed by atoms with Gasteiger partial charge >= 0.3 is 5.97 Å². The van der Waals surface area contributed by atoms with Crippen molar-refractivity contribution in [1.29, 1.82) is 0 Å². The minimum atomic E-state index is -1.71. The minimum absolute atomic E-state index is 0.342. The van der Waals surface area contributed by atoms with Gasteiger partial charge in [0.25, 0.3) is 0 Å². The molecule has 0 N–H and O–H groups in total. The molecule has 120 valence electrons. The molecule has 4 heteroatoms. The highest BCUT2D eigenvalue weighted by Gasteiger charge is 2.22. The zero-order chi connectivity index (χ0) is 17.4. The van der Waals surface area contributed by atoms with Crippen LogP contribution < -0.4 is 0 Å². The maximum absolute atomic E-state index is 11.5. The van der Waals surface area contributed by atoms with Gasteiger partial charge in [0.05, 0.1) is 14.7 Å². The highest BCUT2D eigenvalue weighted by molar-refractivity contribution is 6.85. The zero-order valence-electron chi connectivity index (χ0n) is 15.0. The van der Waals surface area contributed by atoms with E-state index in [1.54, 1.807) is 6.92 Å². The van der Waals surface area contributed by atoms with Crippen LogP contribution in [0, 0.1) is 23.3 Å². The highest BCUT2D eigenvalue weighted by Crippen LogP contribution is 2.20. The maximum Gasteiger partial charge on any atom is 0.384 e. The first kappa shape index (κ1) is 20.5. The lowest BCUT2D eigenvalue weighted by Gasteiger charge is -2.18. The summed E-state index contributed by atoms with van der Waals surface area (Å²) in [5.41, 5.74) is 4.40. The third-order valence-corrected chi connectivity index (χ3v) is 5.36. The fourth-order valence-electron chi connectivity index (χ4n) is 1.62. The third kappa shape index (κ3) is 8.72. The van der Waals surface area contributed by atoms with Crippen molar-refractivity contribution in [3.05, 3.63) is 23.4 Å². The molecule has 0 fully saturated rings. The van der Waals surface area contributed by atoms with Crippen LogP contribution in [0.1, 0.15) is 13.3 Å². The van der Waals surface area contributed by atoms with Crippen molar-refractivity contribution in [2.24, 2.45) is 0 Å². The summed E-state index contributed by atoms with van der Waals surface area (Å²) in [6, 6.07) is 0. The minimum Gasteiger partial charge on any atom is -0.456 e. The SMILES string of the molecule is C=CCC(C#C[Si](C)(C)C)=C(C#CC(=O)OCC)[Si](C)(C)C. The van der Waals surface area contributed by atoms with Crippen molar-refractivity contribution in [3.8, 4) is 23.3 Å². The van der Waals surface area contributed by atoms with E-state index in [2.05, 4.69) is 69.2 Å². The van der Waals surface area contributed by atoms with E-state index in [1.165, 1.54) is 0 Å². The summed E-state index contributed by atoms with van der Waals surface area (Å²) in [4.78, 5) is 11.5. The quantitative estimate of drug-likeness (QED) is 0.254.